The number of amides is 1. The fourth-order valence-corrected chi connectivity index (χ4v) is 3.39. The first kappa shape index (κ1) is 14.9. The van der Waals surface area contributed by atoms with Gasteiger partial charge in [0.05, 0.1) is 13.2 Å². The average molecular weight is 358 g/mol. The standard InChI is InChI=1S/C15H17BrFNO3/c16-12-6-11(7-13(17)8-12)14(19)18-3-1-2-10(9-18)15-20-4-5-21-15/h6-8,10,15H,1-5,9H2. The molecule has 6 heteroatoms. The molecule has 0 aromatic heterocycles. The Balaban J connectivity index is 1.71. The van der Waals surface area contributed by atoms with Crippen molar-refractivity contribution in [2.45, 2.75) is 19.1 Å². The van der Waals surface area contributed by atoms with Crippen LogP contribution in [0.1, 0.15) is 23.2 Å². The maximum atomic E-state index is 13.4. The fraction of sp³-hybridized carbons (Fsp3) is 0.533. The summed E-state index contributed by atoms with van der Waals surface area (Å²) in [5.41, 5.74) is 0.371. The highest BCUT2D eigenvalue weighted by Gasteiger charge is 2.33. The Labute approximate surface area is 131 Å². The van der Waals surface area contributed by atoms with Crippen LogP contribution in [0.5, 0.6) is 0 Å². The maximum absolute atomic E-state index is 13.4. The van der Waals surface area contributed by atoms with Gasteiger partial charge in [0, 0.05) is 29.0 Å². The molecule has 4 nitrogen and oxygen atoms in total. The van der Waals surface area contributed by atoms with Gasteiger partial charge in [-0.05, 0) is 31.0 Å². The summed E-state index contributed by atoms with van der Waals surface area (Å²) in [6.07, 6.45) is 1.69. The number of nitrogens with zero attached hydrogens (tertiary/aromatic N) is 1. The number of hydrogen-bond donors (Lipinski definition) is 0. The Morgan fingerprint density at radius 2 is 2.05 bits per heavy atom. The van der Waals surface area contributed by atoms with Gasteiger partial charge in [0.2, 0.25) is 0 Å². The van der Waals surface area contributed by atoms with Crippen LogP contribution >= 0.6 is 15.9 Å². The number of carbonyl (C=O) groups is 1. The molecule has 1 aromatic carbocycles. The molecular weight excluding hydrogens is 341 g/mol. The van der Waals surface area contributed by atoms with E-state index in [4.69, 9.17) is 9.47 Å². The molecule has 2 fully saturated rings. The van der Waals surface area contributed by atoms with Crippen LogP contribution in [-0.4, -0.2) is 43.4 Å². The number of piperidine rings is 1. The van der Waals surface area contributed by atoms with Crippen LogP contribution < -0.4 is 0 Å². The first-order chi connectivity index (χ1) is 10.1. The maximum Gasteiger partial charge on any atom is 0.254 e. The van der Waals surface area contributed by atoms with E-state index < -0.39 is 5.82 Å². The Morgan fingerprint density at radius 3 is 2.76 bits per heavy atom. The lowest BCUT2D eigenvalue weighted by Crippen LogP contribution is -2.43. The number of benzene rings is 1. The second-order valence-corrected chi connectivity index (χ2v) is 6.34. The van der Waals surface area contributed by atoms with Crippen LogP contribution in [0.15, 0.2) is 22.7 Å². The summed E-state index contributed by atoms with van der Waals surface area (Å²) >= 11 is 3.22. The molecule has 0 bridgehead atoms. The minimum absolute atomic E-state index is 0.141. The largest absolute Gasteiger partial charge is 0.350 e. The minimum atomic E-state index is -0.413. The number of carbonyl (C=O) groups excluding carboxylic acids is 1. The Bertz CT molecular complexity index is 513. The van der Waals surface area contributed by atoms with Crippen molar-refractivity contribution in [3.63, 3.8) is 0 Å². The fourth-order valence-electron chi connectivity index (χ4n) is 2.93. The van der Waals surface area contributed by atoms with Crippen LogP contribution in [0.4, 0.5) is 4.39 Å². The molecule has 0 aliphatic carbocycles. The molecule has 0 saturated carbocycles. The van der Waals surface area contributed by atoms with Gasteiger partial charge in [0.25, 0.3) is 5.91 Å². The van der Waals surface area contributed by atoms with Crippen molar-refractivity contribution in [1.29, 1.82) is 0 Å². The molecule has 21 heavy (non-hydrogen) atoms. The van der Waals surface area contributed by atoms with Gasteiger partial charge in [-0.3, -0.25) is 4.79 Å². The van der Waals surface area contributed by atoms with E-state index in [1.54, 1.807) is 11.0 Å². The summed E-state index contributed by atoms with van der Waals surface area (Å²) in [6, 6.07) is 4.27. The summed E-state index contributed by atoms with van der Waals surface area (Å²) < 4.78 is 25.1. The van der Waals surface area contributed by atoms with Crippen LogP contribution in [0.3, 0.4) is 0 Å². The van der Waals surface area contributed by atoms with Crippen LogP contribution in [0, 0.1) is 11.7 Å². The first-order valence-corrected chi connectivity index (χ1v) is 7.91. The van der Waals surface area contributed by atoms with Crippen LogP contribution in [-0.2, 0) is 9.47 Å². The van der Waals surface area contributed by atoms with E-state index in [0.29, 0.717) is 36.3 Å². The van der Waals surface area contributed by atoms with Gasteiger partial charge in [-0.1, -0.05) is 15.9 Å². The monoisotopic (exact) mass is 357 g/mol. The smallest absolute Gasteiger partial charge is 0.254 e. The highest BCUT2D eigenvalue weighted by molar-refractivity contribution is 9.10. The molecule has 2 aliphatic rings. The molecule has 1 aromatic rings. The van der Waals surface area contributed by atoms with Crippen molar-refractivity contribution >= 4 is 21.8 Å². The summed E-state index contributed by atoms with van der Waals surface area (Å²) in [5, 5.41) is 0. The first-order valence-electron chi connectivity index (χ1n) is 7.12. The number of likely N-dealkylation sites (tertiary alicyclic amines) is 1. The number of hydrogen-bond acceptors (Lipinski definition) is 3. The molecule has 0 N–H and O–H groups in total. The zero-order valence-electron chi connectivity index (χ0n) is 11.6. The normalized spacial score (nSPS) is 23.5. The van der Waals surface area contributed by atoms with Gasteiger partial charge in [0.1, 0.15) is 5.82 Å². The van der Waals surface area contributed by atoms with E-state index >= 15 is 0 Å². The third-order valence-corrected chi connectivity index (χ3v) is 4.34. The van der Waals surface area contributed by atoms with E-state index in [0.717, 1.165) is 12.8 Å². The molecule has 2 aliphatic heterocycles. The molecule has 114 valence electrons. The molecule has 0 radical (unpaired) electrons. The number of halogens is 2. The van der Waals surface area contributed by atoms with Crippen molar-refractivity contribution in [1.82, 2.24) is 4.90 Å². The summed E-state index contributed by atoms with van der Waals surface area (Å²) in [6.45, 7) is 2.52. The third-order valence-electron chi connectivity index (χ3n) is 3.89. The molecule has 2 heterocycles. The van der Waals surface area contributed by atoms with E-state index in [1.807, 2.05) is 0 Å². The lowest BCUT2D eigenvalue weighted by Gasteiger charge is -2.34. The highest BCUT2D eigenvalue weighted by atomic mass is 79.9. The molecule has 1 atom stereocenters. The Kier molecular flexibility index (Phi) is 4.57. The molecule has 2 saturated heterocycles. The predicted octanol–water partition coefficient (Wildman–Crippen LogP) is 2.81. The van der Waals surface area contributed by atoms with Crippen molar-refractivity contribution < 1.29 is 18.7 Å². The summed E-state index contributed by atoms with van der Waals surface area (Å²) in [7, 11) is 0. The number of rotatable bonds is 2. The Morgan fingerprint density at radius 1 is 1.29 bits per heavy atom. The van der Waals surface area contributed by atoms with Gasteiger partial charge < -0.3 is 14.4 Å². The van der Waals surface area contributed by atoms with Crippen molar-refractivity contribution in [3.8, 4) is 0 Å². The number of ether oxygens (including phenoxy) is 2. The molecule has 1 unspecified atom stereocenters. The van der Waals surface area contributed by atoms with Gasteiger partial charge in [0.15, 0.2) is 6.29 Å². The zero-order valence-corrected chi connectivity index (χ0v) is 13.1. The van der Waals surface area contributed by atoms with E-state index in [9.17, 15) is 9.18 Å². The van der Waals surface area contributed by atoms with Gasteiger partial charge >= 0.3 is 0 Å². The van der Waals surface area contributed by atoms with Gasteiger partial charge in [-0.15, -0.1) is 0 Å². The van der Waals surface area contributed by atoms with Gasteiger partial charge in [-0.2, -0.15) is 0 Å². The second-order valence-electron chi connectivity index (χ2n) is 5.42. The van der Waals surface area contributed by atoms with Gasteiger partial charge in [-0.25, -0.2) is 4.39 Å². The quantitative estimate of drug-likeness (QED) is 0.816. The second kappa shape index (κ2) is 6.42. The van der Waals surface area contributed by atoms with Crippen LogP contribution in [0.25, 0.3) is 0 Å². The minimum Gasteiger partial charge on any atom is -0.350 e. The van der Waals surface area contributed by atoms with Crippen molar-refractivity contribution in [3.05, 3.63) is 34.1 Å². The third kappa shape index (κ3) is 3.44. The lowest BCUT2D eigenvalue weighted by molar-refractivity contribution is -0.0969. The lowest BCUT2D eigenvalue weighted by atomic mass is 9.96. The molecular formula is C15H17BrFNO3. The van der Waals surface area contributed by atoms with E-state index in [-0.39, 0.29) is 18.1 Å². The van der Waals surface area contributed by atoms with E-state index in [1.165, 1.54) is 12.1 Å². The molecule has 0 spiro atoms. The zero-order chi connectivity index (χ0) is 14.8. The van der Waals surface area contributed by atoms with Crippen LogP contribution in [0.2, 0.25) is 0 Å². The topological polar surface area (TPSA) is 38.8 Å². The van der Waals surface area contributed by atoms with Crippen molar-refractivity contribution in [2.75, 3.05) is 26.3 Å². The summed E-state index contributed by atoms with van der Waals surface area (Å²) in [4.78, 5) is 14.3. The van der Waals surface area contributed by atoms with Crippen molar-refractivity contribution in [2.24, 2.45) is 5.92 Å². The van der Waals surface area contributed by atoms with E-state index in [2.05, 4.69) is 15.9 Å². The SMILES string of the molecule is O=C(c1cc(F)cc(Br)c1)N1CCCC(C2OCCO2)C1. The predicted molar refractivity (Wildman–Crippen MR) is 78.4 cm³/mol. The average Bonchev–Trinajstić information content (AvgIpc) is 3.00. The summed E-state index contributed by atoms with van der Waals surface area (Å²) in [5.74, 6) is -0.358. The Hall–Kier alpha value is -0.980. The molecule has 3 rings (SSSR count). The highest BCUT2D eigenvalue weighted by Crippen LogP contribution is 2.26. The molecule has 1 amide bonds.